The lowest BCUT2D eigenvalue weighted by molar-refractivity contribution is 0.0553. The van der Waals surface area contributed by atoms with Crippen molar-refractivity contribution in [1.29, 1.82) is 0 Å². The molecule has 1 aromatic heterocycles. The minimum atomic E-state index is -0.791. The number of hydrogen-bond donors (Lipinski definition) is 2. The molecular formula is C26H32N2O5. The SMILES string of the molecule is Cc1c(COc2cc(OCCC(C)(C)O)cc(N3CCOCC3)c2)[nH]c2ccccc2c1=O. The topological polar surface area (TPSA) is 84.0 Å². The van der Waals surface area contributed by atoms with Crippen LogP contribution in [0.15, 0.2) is 47.3 Å². The van der Waals surface area contributed by atoms with Crippen LogP contribution in [-0.2, 0) is 11.3 Å². The van der Waals surface area contributed by atoms with Crippen LogP contribution in [0.25, 0.3) is 10.9 Å². The molecule has 1 aliphatic heterocycles. The molecule has 7 nitrogen and oxygen atoms in total. The van der Waals surface area contributed by atoms with E-state index in [9.17, 15) is 9.90 Å². The number of morpholine rings is 1. The Bertz CT molecular complexity index is 1160. The van der Waals surface area contributed by atoms with Crippen LogP contribution < -0.4 is 19.8 Å². The van der Waals surface area contributed by atoms with E-state index < -0.39 is 5.60 Å². The maximum atomic E-state index is 12.7. The lowest BCUT2D eigenvalue weighted by Gasteiger charge is -2.29. The first-order chi connectivity index (χ1) is 15.8. The zero-order chi connectivity index (χ0) is 23.4. The van der Waals surface area contributed by atoms with E-state index in [1.807, 2.05) is 49.4 Å². The summed E-state index contributed by atoms with van der Waals surface area (Å²) in [5.74, 6) is 1.34. The molecular weight excluding hydrogens is 420 g/mol. The van der Waals surface area contributed by atoms with Gasteiger partial charge in [0.1, 0.15) is 18.1 Å². The molecule has 1 saturated heterocycles. The summed E-state index contributed by atoms with van der Waals surface area (Å²) < 4.78 is 17.6. The number of rotatable bonds is 8. The van der Waals surface area contributed by atoms with Crippen molar-refractivity contribution >= 4 is 16.6 Å². The molecule has 0 saturated carbocycles. The third-order valence-electron chi connectivity index (χ3n) is 5.86. The largest absolute Gasteiger partial charge is 0.493 e. The van der Waals surface area contributed by atoms with Crippen LogP contribution in [0, 0.1) is 6.92 Å². The Hall–Kier alpha value is -3.03. The summed E-state index contributed by atoms with van der Waals surface area (Å²) in [6.07, 6.45) is 0.516. The van der Waals surface area contributed by atoms with Crippen molar-refractivity contribution in [1.82, 2.24) is 4.98 Å². The first-order valence-corrected chi connectivity index (χ1v) is 11.4. The fraction of sp³-hybridized carbons (Fsp3) is 0.423. The summed E-state index contributed by atoms with van der Waals surface area (Å²) in [6.45, 7) is 8.93. The van der Waals surface area contributed by atoms with Gasteiger partial charge in [-0.25, -0.2) is 0 Å². The number of ether oxygens (including phenoxy) is 3. The molecule has 2 aromatic carbocycles. The Balaban J connectivity index is 1.57. The lowest BCUT2D eigenvalue weighted by atomic mass is 10.1. The van der Waals surface area contributed by atoms with Gasteiger partial charge in [-0.2, -0.15) is 0 Å². The molecule has 4 rings (SSSR count). The van der Waals surface area contributed by atoms with E-state index in [1.165, 1.54) is 0 Å². The molecule has 33 heavy (non-hydrogen) atoms. The summed E-state index contributed by atoms with van der Waals surface area (Å²) in [5, 5.41) is 10.7. The lowest BCUT2D eigenvalue weighted by Crippen LogP contribution is -2.36. The van der Waals surface area contributed by atoms with Gasteiger partial charge in [0, 0.05) is 59.9 Å². The smallest absolute Gasteiger partial charge is 0.192 e. The van der Waals surface area contributed by atoms with Crippen molar-refractivity contribution in [3.8, 4) is 11.5 Å². The molecule has 0 amide bonds. The van der Waals surface area contributed by atoms with E-state index in [0.29, 0.717) is 48.7 Å². The van der Waals surface area contributed by atoms with Crippen LogP contribution in [0.5, 0.6) is 11.5 Å². The molecule has 0 radical (unpaired) electrons. The Morgan fingerprint density at radius 3 is 2.52 bits per heavy atom. The summed E-state index contributed by atoms with van der Waals surface area (Å²) in [6, 6.07) is 13.3. The fourth-order valence-corrected chi connectivity index (χ4v) is 3.83. The van der Waals surface area contributed by atoms with E-state index in [0.717, 1.165) is 30.0 Å². The number of benzene rings is 2. The first kappa shape index (κ1) is 23.1. The Morgan fingerprint density at radius 1 is 1.09 bits per heavy atom. The van der Waals surface area contributed by atoms with Gasteiger partial charge in [0.15, 0.2) is 5.43 Å². The summed E-state index contributed by atoms with van der Waals surface area (Å²) >= 11 is 0. The van der Waals surface area contributed by atoms with Crippen LogP contribution in [0.4, 0.5) is 5.69 Å². The van der Waals surface area contributed by atoms with Gasteiger partial charge in [-0.15, -0.1) is 0 Å². The second-order valence-corrected chi connectivity index (χ2v) is 9.06. The summed E-state index contributed by atoms with van der Waals surface area (Å²) in [7, 11) is 0. The van der Waals surface area contributed by atoms with Gasteiger partial charge >= 0.3 is 0 Å². The van der Waals surface area contributed by atoms with Crippen molar-refractivity contribution in [3.63, 3.8) is 0 Å². The van der Waals surface area contributed by atoms with Crippen molar-refractivity contribution in [2.75, 3.05) is 37.8 Å². The van der Waals surface area contributed by atoms with Crippen LogP contribution in [0.2, 0.25) is 0 Å². The number of aromatic amines is 1. The van der Waals surface area contributed by atoms with E-state index in [4.69, 9.17) is 14.2 Å². The Kier molecular flexibility index (Phi) is 6.91. The standard InChI is InChI=1S/C26H32N2O5/c1-18-24(27-23-7-5-4-6-22(23)25(18)29)17-33-21-15-19(28-9-12-31-13-10-28)14-20(16-21)32-11-8-26(2,3)30/h4-7,14-16,30H,8-13,17H2,1-3H3,(H,27,29). The third kappa shape index (κ3) is 5.86. The number of nitrogens with one attached hydrogen (secondary N) is 1. The second kappa shape index (κ2) is 9.85. The number of nitrogens with zero attached hydrogens (tertiary/aromatic N) is 1. The van der Waals surface area contributed by atoms with Crippen molar-refractivity contribution in [3.05, 3.63) is 63.9 Å². The predicted octanol–water partition coefficient (Wildman–Crippen LogP) is 3.79. The van der Waals surface area contributed by atoms with Crippen molar-refractivity contribution in [2.24, 2.45) is 0 Å². The molecule has 0 aliphatic carbocycles. The highest BCUT2D eigenvalue weighted by Gasteiger charge is 2.16. The summed E-state index contributed by atoms with van der Waals surface area (Å²) in [4.78, 5) is 18.3. The molecule has 3 aromatic rings. The highest BCUT2D eigenvalue weighted by Crippen LogP contribution is 2.30. The highest BCUT2D eigenvalue weighted by atomic mass is 16.5. The predicted molar refractivity (Wildman–Crippen MR) is 130 cm³/mol. The van der Waals surface area contributed by atoms with Gasteiger partial charge in [0.2, 0.25) is 0 Å². The van der Waals surface area contributed by atoms with Gasteiger partial charge in [0.25, 0.3) is 0 Å². The third-order valence-corrected chi connectivity index (χ3v) is 5.86. The van der Waals surface area contributed by atoms with Gasteiger partial charge < -0.3 is 29.2 Å². The molecule has 2 heterocycles. The number of hydrogen-bond acceptors (Lipinski definition) is 6. The fourth-order valence-electron chi connectivity index (χ4n) is 3.83. The van der Waals surface area contributed by atoms with Gasteiger partial charge in [0.05, 0.1) is 31.1 Å². The maximum Gasteiger partial charge on any atom is 0.192 e. The van der Waals surface area contributed by atoms with Crippen LogP contribution in [0.1, 0.15) is 31.5 Å². The number of fused-ring (bicyclic) bond motifs is 1. The molecule has 0 bridgehead atoms. The number of H-pyrrole nitrogens is 1. The second-order valence-electron chi connectivity index (χ2n) is 9.06. The Labute approximate surface area is 193 Å². The summed E-state index contributed by atoms with van der Waals surface area (Å²) in [5.41, 5.74) is 2.42. The minimum Gasteiger partial charge on any atom is -0.493 e. The molecule has 176 valence electrons. The van der Waals surface area contributed by atoms with Gasteiger partial charge in [-0.3, -0.25) is 4.79 Å². The monoisotopic (exact) mass is 452 g/mol. The average Bonchev–Trinajstić information content (AvgIpc) is 2.80. The molecule has 1 aliphatic rings. The molecule has 1 fully saturated rings. The van der Waals surface area contributed by atoms with Crippen LogP contribution >= 0.6 is 0 Å². The quantitative estimate of drug-likeness (QED) is 0.541. The van der Waals surface area contributed by atoms with Crippen LogP contribution in [-0.4, -0.2) is 48.6 Å². The van der Waals surface area contributed by atoms with Gasteiger partial charge in [-0.05, 0) is 32.9 Å². The molecule has 7 heteroatoms. The average molecular weight is 453 g/mol. The highest BCUT2D eigenvalue weighted by molar-refractivity contribution is 5.79. The van der Waals surface area contributed by atoms with Crippen molar-refractivity contribution < 1.29 is 19.3 Å². The number of pyridine rings is 1. The van der Waals surface area contributed by atoms with E-state index in [-0.39, 0.29) is 12.0 Å². The zero-order valence-electron chi connectivity index (χ0n) is 19.5. The number of para-hydroxylation sites is 1. The molecule has 0 spiro atoms. The first-order valence-electron chi connectivity index (χ1n) is 11.4. The van der Waals surface area contributed by atoms with Crippen LogP contribution in [0.3, 0.4) is 0 Å². The molecule has 0 unspecified atom stereocenters. The molecule has 0 atom stereocenters. The van der Waals surface area contributed by atoms with Crippen molar-refractivity contribution in [2.45, 2.75) is 39.4 Å². The normalized spacial score (nSPS) is 14.5. The number of anilines is 1. The maximum absolute atomic E-state index is 12.7. The Morgan fingerprint density at radius 2 is 1.79 bits per heavy atom. The minimum absolute atomic E-state index is 0.0145. The van der Waals surface area contributed by atoms with E-state index in [1.54, 1.807) is 13.8 Å². The number of aromatic nitrogens is 1. The van der Waals surface area contributed by atoms with E-state index >= 15 is 0 Å². The van der Waals surface area contributed by atoms with Gasteiger partial charge in [-0.1, -0.05) is 12.1 Å². The van der Waals surface area contributed by atoms with E-state index in [2.05, 4.69) is 9.88 Å². The number of aliphatic hydroxyl groups is 1. The zero-order valence-corrected chi connectivity index (χ0v) is 19.5. The molecule has 2 N–H and O–H groups in total.